The van der Waals surface area contributed by atoms with Crippen LogP contribution in [0.3, 0.4) is 0 Å². The topological polar surface area (TPSA) is 78.5 Å². The van der Waals surface area contributed by atoms with Gasteiger partial charge in [-0.2, -0.15) is 13.2 Å². The highest BCUT2D eigenvalue weighted by Crippen LogP contribution is 2.34. The molecule has 0 bridgehead atoms. The highest BCUT2D eigenvalue weighted by molar-refractivity contribution is 5.98. The third-order valence-electron chi connectivity index (χ3n) is 3.83. The first-order valence-corrected chi connectivity index (χ1v) is 8.32. The molecule has 6 nitrogen and oxygen atoms in total. The minimum Gasteiger partial charge on any atom is -0.343 e. The van der Waals surface area contributed by atoms with Crippen LogP contribution < -0.4 is 10.6 Å². The Morgan fingerprint density at radius 2 is 1.62 bits per heavy atom. The molecular formula is C19H17F4N3O3. The van der Waals surface area contributed by atoms with Gasteiger partial charge in [0.1, 0.15) is 5.82 Å². The number of benzene rings is 2. The molecule has 2 N–H and O–H groups in total. The molecule has 10 heteroatoms. The molecule has 0 atom stereocenters. The van der Waals surface area contributed by atoms with Gasteiger partial charge in [-0.05, 0) is 24.3 Å². The normalized spacial score (nSPS) is 10.9. The van der Waals surface area contributed by atoms with Crippen LogP contribution in [0.5, 0.6) is 0 Å². The third kappa shape index (κ3) is 6.03. The van der Waals surface area contributed by atoms with Crippen LogP contribution in [0, 0.1) is 5.82 Å². The number of amides is 3. The average molecular weight is 411 g/mol. The van der Waals surface area contributed by atoms with Gasteiger partial charge in [0, 0.05) is 7.05 Å². The van der Waals surface area contributed by atoms with E-state index in [-0.39, 0.29) is 5.56 Å². The van der Waals surface area contributed by atoms with Gasteiger partial charge in [-0.1, -0.05) is 24.3 Å². The van der Waals surface area contributed by atoms with Crippen molar-refractivity contribution in [2.24, 2.45) is 0 Å². The van der Waals surface area contributed by atoms with E-state index in [1.807, 2.05) is 0 Å². The van der Waals surface area contributed by atoms with E-state index in [4.69, 9.17) is 0 Å². The van der Waals surface area contributed by atoms with Crippen molar-refractivity contribution >= 4 is 23.4 Å². The molecule has 154 valence electrons. The van der Waals surface area contributed by atoms with Gasteiger partial charge >= 0.3 is 6.18 Å². The van der Waals surface area contributed by atoms with Crippen LogP contribution >= 0.6 is 0 Å². The third-order valence-corrected chi connectivity index (χ3v) is 3.83. The molecule has 29 heavy (non-hydrogen) atoms. The summed E-state index contributed by atoms with van der Waals surface area (Å²) in [7, 11) is 1.24. The van der Waals surface area contributed by atoms with Gasteiger partial charge in [0.05, 0.1) is 29.9 Å². The van der Waals surface area contributed by atoms with Crippen molar-refractivity contribution in [3.8, 4) is 0 Å². The monoisotopic (exact) mass is 411 g/mol. The molecule has 0 aliphatic rings. The van der Waals surface area contributed by atoms with Crippen LogP contribution in [0.4, 0.5) is 23.2 Å². The molecule has 2 aromatic rings. The first kappa shape index (κ1) is 21.9. The minimum absolute atomic E-state index is 0.246. The number of para-hydroxylation sites is 1. The zero-order valence-electron chi connectivity index (χ0n) is 15.2. The summed E-state index contributed by atoms with van der Waals surface area (Å²) in [6, 6.07) is 9.62. The summed E-state index contributed by atoms with van der Waals surface area (Å²) in [5, 5.41) is 4.33. The van der Waals surface area contributed by atoms with Gasteiger partial charge in [0.15, 0.2) is 0 Å². The number of alkyl halides is 3. The highest BCUT2D eigenvalue weighted by Gasteiger charge is 2.33. The predicted octanol–water partition coefficient (Wildman–Crippen LogP) is 2.67. The lowest BCUT2D eigenvalue weighted by molar-refractivity contribution is -0.137. The Balaban J connectivity index is 1.91. The fourth-order valence-electron chi connectivity index (χ4n) is 2.36. The molecular weight excluding hydrogens is 394 g/mol. The molecule has 0 heterocycles. The van der Waals surface area contributed by atoms with Gasteiger partial charge in [-0.15, -0.1) is 0 Å². The molecule has 0 aromatic heterocycles. The summed E-state index contributed by atoms with van der Waals surface area (Å²) >= 11 is 0. The van der Waals surface area contributed by atoms with E-state index in [1.165, 1.54) is 37.4 Å². The summed E-state index contributed by atoms with van der Waals surface area (Å²) in [4.78, 5) is 36.8. The van der Waals surface area contributed by atoms with Gasteiger partial charge in [0.25, 0.3) is 5.91 Å². The van der Waals surface area contributed by atoms with E-state index in [1.54, 1.807) is 0 Å². The molecule has 0 radical (unpaired) electrons. The number of halogens is 4. The second kappa shape index (κ2) is 9.18. The minimum atomic E-state index is -4.65. The summed E-state index contributed by atoms with van der Waals surface area (Å²) in [6.07, 6.45) is -4.65. The highest BCUT2D eigenvalue weighted by atomic mass is 19.4. The number of likely N-dealkylation sites (N-methyl/N-ethyl adjacent to an activating group) is 1. The Hall–Kier alpha value is -3.43. The van der Waals surface area contributed by atoms with Gasteiger partial charge in [-0.25, -0.2) is 4.39 Å². The summed E-state index contributed by atoms with van der Waals surface area (Å²) in [5.41, 5.74) is -1.69. The quantitative estimate of drug-likeness (QED) is 0.718. The summed E-state index contributed by atoms with van der Waals surface area (Å²) in [5.74, 6) is -3.10. The Labute approximate surface area is 163 Å². The van der Waals surface area contributed by atoms with E-state index in [0.717, 1.165) is 23.1 Å². The SMILES string of the molecule is CN(CC(=O)Nc1ccccc1C(F)(F)F)C(=O)CNC(=O)c1ccccc1F. The molecule has 0 saturated heterocycles. The van der Waals surface area contributed by atoms with Gasteiger partial charge in [0.2, 0.25) is 11.8 Å². The Morgan fingerprint density at radius 3 is 2.28 bits per heavy atom. The molecule has 0 spiro atoms. The number of carbonyl (C=O) groups is 3. The molecule has 2 rings (SSSR count). The van der Waals surface area contributed by atoms with Crippen LogP contribution in [0.15, 0.2) is 48.5 Å². The molecule has 0 unspecified atom stereocenters. The second-order valence-corrected chi connectivity index (χ2v) is 6.00. The van der Waals surface area contributed by atoms with Gasteiger partial charge in [-0.3, -0.25) is 14.4 Å². The van der Waals surface area contributed by atoms with Crippen molar-refractivity contribution < 1.29 is 31.9 Å². The molecule has 0 aliphatic heterocycles. The lowest BCUT2D eigenvalue weighted by Crippen LogP contribution is -2.41. The average Bonchev–Trinajstić information content (AvgIpc) is 2.65. The lowest BCUT2D eigenvalue weighted by atomic mass is 10.1. The maximum absolute atomic E-state index is 13.5. The zero-order chi connectivity index (χ0) is 21.6. The molecule has 0 aliphatic carbocycles. The maximum atomic E-state index is 13.5. The number of hydrogen-bond donors (Lipinski definition) is 2. The fraction of sp³-hybridized carbons (Fsp3) is 0.211. The second-order valence-electron chi connectivity index (χ2n) is 6.00. The van der Waals surface area contributed by atoms with E-state index in [2.05, 4.69) is 10.6 Å². The van der Waals surface area contributed by atoms with Crippen LogP contribution in [0.2, 0.25) is 0 Å². The first-order chi connectivity index (χ1) is 13.6. The van der Waals surface area contributed by atoms with Crippen LogP contribution in [-0.4, -0.2) is 42.8 Å². The van der Waals surface area contributed by atoms with E-state index in [9.17, 15) is 31.9 Å². The molecule has 0 fully saturated rings. The number of nitrogens with zero attached hydrogens (tertiary/aromatic N) is 1. The lowest BCUT2D eigenvalue weighted by Gasteiger charge is -2.18. The number of rotatable bonds is 6. The van der Waals surface area contributed by atoms with Crippen molar-refractivity contribution in [1.82, 2.24) is 10.2 Å². The predicted molar refractivity (Wildman–Crippen MR) is 96.4 cm³/mol. The van der Waals surface area contributed by atoms with Crippen molar-refractivity contribution in [3.05, 3.63) is 65.5 Å². The number of hydrogen-bond acceptors (Lipinski definition) is 3. The Bertz CT molecular complexity index is 916. The number of nitrogens with one attached hydrogen (secondary N) is 2. The summed E-state index contributed by atoms with van der Waals surface area (Å²) < 4.78 is 52.4. The zero-order valence-corrected chi connectivity index (χ0v) is 15.2. The first-order valence-electron chi connectivity index (χ1n) is 8.32. The van der Waals surface area contributed by atoms with Crippen molar-refractivity contribution in [2.75, 3.05) is 25.5 Å². The van der Waals surface area contributed by atoms with Crippen molar-refractivity contribution in [2.45, 2.75) is 6.18 Å². The molecule has 3 amide bonds. The molecule has 2 aromatic carbocycles. The van der Waals surface area contributed by atoms with Gasteiger partial charge < -0.3 is 15.5 Å². The van der Waals surface area contributed by atoms with Crippen LogP contribution in [0.25, 0.3) is 0 Å². The van der Waals surface area contributed by atoms with Crippen molar-refractivity contribution in [3.63, 3.8) is 0 Å². The number of anilines is 1. The van der Waals surface area contributed by atoms with Crippen molar-refractivity contribution in [1.29, 1.82) is 0 Å². The summed E-state index contributed by atoms with van der Waals surface area (Å²) in [6.45, 7) is -1.06. The molecule has 0 saturated carbocycles. The van der Waals surface area contributed by atoms with Crippen LogP contribution in [0.1, 0.15) is 15.9 Å². The number of carbonyl (C=O) groups excluding carboxylic acids is 3. The van der Waals surface area contributed by atoms with Crippen LogP contribution in [-0.2, 0) is 15.8 Å². The largest absolute Gasteiger partial charge is 0.418 e. The van der Waals surface area contributed by atoms with E-state index < -0.39 is 54.1 Å². The Morgan fingerprint density at radius 1 is 1.00 bits per heavy atom. The standard InChI is InChI=1S/C19H17F4N3O3/c1-26(17(28)10-24-18(29)12-6-2-4-8-14(12)20)11-16(27)25-15-9-5-3-7-13(15)19(21,22)23/h2-9H,10-11H2,1H3,(H,24,29)(H,25,27). The van der Waals surface area contributed by atoms with E-state index in [0.29, 0.717) is 0 Å². The maximum Gasteiger partial charge on any atom is 0.418 e. The Kier molecular flexibility index (Phi) is 6.92. The fourth-order valence-corrected chi connectivity index (χ4v) is 2.36. The van der Waals surface area contributed by atoms with E-state index >= 15 is 0 Å². The smallest absolute Gasteiger partial charge is 0.343 e.